The average Bonchev–Trinajstić information content (AvgIpc) is 2.36. The van der Waals surface area contributed by atoms with Crippen LogP contribution in [0.3, 0.4) is 0 Å². The lowest BCUT2D eigenvalue weighted by atomic mass is 10.0. The molecule has 1 unspecified atom stereocenters. The zero-order valence-corrected chi connectivity index (χ0v) is 12.9. The van der Waals surface area contributed by atoms with E-state index >= 15 is 0 Å². The van der Waals surface area contributed by atoms with Gasteiger partial charge in [-0.3, -0.25) is 0 Å². The maximum Gasteiger partial charge on any atom is 0.132 e. The Hall–Kier alpha value is -1.87. The molecule has 1 N–H and O–H groups in total. The third kappa shape index (κ3) is 3.61. The molecule has 2 aromatic rings. The van der Waals surface area contributed by atoms with Crippen molar-refractivity contribution in [2.45, 2.75) is 40.4 Å². The first kappa shape index (κ1) is 15.5. The van der Waals surface area contributed by atoms with E-state index in [0.29, 0.717) is 12.4 Å². The van der Waals surface area contributed by atoms with Crippen molar-refractivity contribution < 1.29 is 14.2 Å². The van der Waals surface area contributed by atoms with Crippen LogP contribution in [-0.4, -0.2) is 5.11 Å². The lowest BCUT2D eigenvalue weighted by Gasteiger charge is -2.14. The standard InChI is InChI=1S/C18H21FO2/c1-11-7-12(2)17(13(3)8-11)10-21-15-5-6-16(14(4)20)18(19)9-15/h5-9,14,20H,10H2,1-4H3. The molecule has 1 atom stereocenters. The summed E-state index contributed by atoms with van der Waals surface area (Å²) in [7, 11) is 0. The summed E-state index contributed by atoms with van der Waals surface area (Å²) in [5.74, 6) is 0.0242. The van der Waals surface area contributed by atoms with Gasteiger partial charge in [0, 0.05) is 11.6 Å². The molecule has 0 radical (unpaired) electrons. The smallest absolute Gasteiger partial charge is 0.132 e. The number of hydrogen-bond acceptors (Lipinski definition) is 2. The van der Waals surface area contributed by atoms with Crippen LogP contribution in [0.25, 0.3) is 0 Å². The van der Waals surface area contributed by atoms with Crippen molar-refractivity contribution in [3.05, 3.63) is 64.0 Å². The fourth-order valence-corrected chi connectivity index (χ4v) is 2.53. The van der Waals surface area contributed by atoms with Gasteiger partial charge >= 0.3 is 0 Å². The van der Waals surface area contributed by atoms with Gasteiger partial charge in [0.15, 0.2) is 0 Å². The number of benzene rings is 2. The molecule has 0 amide bonds. The highest BCUT2D eigenvalue weighted by molar-refractivity contribution is 5.38. The lowest BCUT2D eigenvalue weighted by Crippen LogP contribution is -2.02. The van der Waals surface area contributed by atoms with Crippen LogP contribution in [0.15, 0.2) is 30.3 Å². The van der Waals surface area contributed by atoms with E-state index in [1.54, 1.807) is 12.1 Å². The molecule has 0 saturated heterocycles. The Morgan fingerprint density at radius 2 is 1.71 bits per heavy atom. The predicted octanol–water partition coefficient (Wildman–Crippen LogP) is 4.38. The molecule has 0 aliphatic rings. The summed E-state index contributed by atoms with van der Waals surface area (Å²) in [6.07, 6.45) is -0.819. The van der Waals surface area contributed by atoms with Crippen molar-refractivity contribution in [3.63, 3.8) is 0 Å². The van der Waals surface area contributed by atoms with Crippen LogP contribution in [-0.2, 0) is 6.61 Å². The highest BCUT2D eigenvalue weighted by atomic mass is 19.1. The van der Waals surface area contributed by atoms with Gasteiger partial charge < -0.3 is 9.84 Å². The Labute approximate surface area is 125 Å². The molecule has 2 nitrogen and oxygen atoms in total. The molecule has 0 heterocycles. The fourth-order valence-electron chi connectivity index (χ4n) is 2.53. The maximum atomic E-state index is 13.8. The number of hydrogen-bond donors (Lipinski definition) is 1. The Balaban J connectivity index is 2.16. The lowest BCUT2D eigenvalue weighted by molar-refractivity contribution is 0.194. The van der Waals surface area contributed by atoms with E-state index < -0.39 is 11.9 Å². The van der Waals surface area contributed by atoms with E-state index in [1.165, 1.54) is 29.7 Å². The Kier molecular flexibility index (Phi) is 4.63. The van der Waals surface area contributed by atoms with Crippen LogP contribution in [0.4, 0.5) is 4.39 Å². The summed E-state index contributed by atoms with van der Waals surface area (Å²) < 4.78 is 19.5. The highest BCUT2D eigenvalue weighted by Crippen LogP contribution is 2.24. The number of halogens is 1. The number of aliphatic hydroxyl groups excluding tert-OH is 1. The quantitative estimate of drug-likeness (QED) is 0.904. The van der Waals surface area contributed by atoms with Crippen molar-refractivity contribution in [2.24, 2.45) is 0 Å². The molecule has 2 rings (SSSR count). The molecule has 2 aromatic carbocycles. The first-order valence-electron chi connectivity index (χ1n) is 7.05. The minimum absolute atomic E-state index is 0.282. The molecule has 0 spiro atoms. The zero-order valence-electron chi connectivity index (χ0n) is 12.9. The van der Waals surface area contributed by atoms with Gasteiger partial charge in [0.05, 0.1) is 6.10 Å². The normalized spacial score (nSPS) is 12.3. The molecule has 0 fully saturated rings. The minimum atomic E-state index is -0.819. The molecule has 112 valence electrons. The molecule has 0 bridgehead atoms. The van der Waals surface area contributed by atoms with Crippen molar-refractivity contribution >= 4 is 0 Å². The molecule has 0 saturated carbocycles. The van der Waals surface area contributed by atoms with Crippen molar-refractivity contribution in [3.8, 4) is 5.75 Å². The topological polar surface area (TPSA) is 29.5 Å². The van der Waals surface area contributed by atoms with E-state index in [9.17, 15) is 9.50 Å². The van der Waals surface area contributed by atoms with Crippen LogP contribution in [0.1, 0.15) is 40.8 Å². The molecular formula is C18H21FO2. The number of ether oxygens (including phenoxy) is 1. The minimum Gasteiger partial charge on any atom is -0.489 e. The molecule has 0 aromatic heterocycles. The molecule has 3 heteroatoms. The average molecular weight is 288 g/mol. The summed E-state index contributed by atoms with van der Waals surface area (Å²) >= 11 is 0. The monoisotopic (exact) mass is 288 g/mol. The second kappa shape index (κ2) is 6.27. The number of rotatable bonds is 4. The van der Waals surface area contributed by atoms with Gasteiger partial charge in [-0.05, 0) is 56.5 Å². The molecule has 21 heavy (non-hydrogen) atoms. The summed E-state index contributed by atoms with van der Waals surface area (Å²) in [6, 6.07) is 8.79. The number of aryl methyl sites for hydroxylation is 3. The van der Waals surface area contributed by atoms with Gasteiger partial charge in [0.25, 0.3) is 0 Å². The van der Waals surface area contributed by atoms with Gasteiger partial charge in [-0.25, -0.2) is 4.39 Å². The largest absolute Gasteiger partial charge is 0.489 e. The van der Waals surface area contributed by atoms with Crippen molar-refractivity contribution in [2.75, 3.05) is 0 Å². The van der Waals surface area contributed by atoms with E-state index in [4.69, 9.17) is 4.74 Å². The van der Waals surface area contributed by atoms with Crippen molar-refractivity contribution in [1.29, 1.82) is 0 Å². The van der Waals surface area contributed by atoms with Gasteiger partial charge in [0.1, 0.15) is 18.2 Å². The Morgan fingerprint density at radius 1 is 1.10 bits per heavy atom. The van der Waals surface area contributed by atoms with Crippen LogP contribution in [0.5, 0.6) is 5.75 Å². The van der Waals surface area contributed by atoms with Gasteiger partial charge in [0.2, 0.25) is 0 Å². The Morgan fingerprint density at radius 3 is 2.24 bits per heavy atom. The molecule has 0 aliphatic carbocycles. The SMILES string of the molecule is Cc1cc(C)c(COc2ccc(C(C)O)c(F)c2)c(C)c1. The third-order valence-corrected chi connectivity index (χ3v) is 3.65. The van der Waals surface area contributed by atoms with E-state index in [1.807, 2.05) is 0 Å². The van der Waals surface area contributed by atoms with Crippen LogP contribution >= 0.6 is 0 Å². The van der Waals surface area contributed by atoms with Crippen LogP contribution in [0, 0.1) is 26.6 Å². The van der Waals surface area contributed by atoms with Gasteiger partial charge in [-0.15, -0.1) is 0 Å². The fraction of sp³-hybridized carbons (Fsp3) is 0.333. The first-order valence-corrected chi connectivity index (χ1v) is 7.05. The summed E-state index contributed by atoms with van der Waals surface area (Å²) in [4.78, 5) is 0. The van der Waals surface area contributed by atoms with Crippen LogP contribution in [0.2, 0.25) is 0 Å². The summed E-state index contributed by atoms with van der Waals surface area (Å²) in [6.45, 7) is 8.11. The van der Waals surface area contributed by atoms with Crippen molar-refractivity contribution in [1.82, 2.24) is 0 Å². The maximum absolute atomic E-state index is 13.8. The van der Waals surface area contributed by atoms with Gasteiger partial charge in [-0.1, -0.05) is 17.7 Å². The number of aliphatic hydroxyl groups is 1. The highest BCUT2D eigenvalue weighted by Gasteiger charge is 2.10. The Bertz CT molecular complexity index is 625. The second-order valence-electron chi connectivity index (χ2n) is 5.53. The predicted molar refractivity (Wildman–Crippen MR) is 82.0 cm³/mol. The second-order valence-corrected chi connectivity index (χ2v) is 5.53. The first-order chi connectivity index (χ1) is 9.88. The third-order valence-electron chi connectivity index (χ3n) is 3.65. The van der Waals surface area contributed by atoms with E-state index in [0.717, 1.165) is 5.56 Å². The summed E-state index contributed by atoms with van der Waals surface area (Å²) in [5, 5.41) is 9.42. The molecule has 0 aliphatic heterocycles. The van der Waals surface area contributed by atoms with E-state index in [-0.39, 0.29) is 5.56 Å². The zero-order chi connectivity index (χ0) is 15.6. The molecular weight excluding hydrogens is 267 g/mol. The van der Waals surface area contributed by atoms with Gasteiger partial charge in [-0.2, -0.15) is 0 Å². The van der Waals surface area contributed by atoms with Crippen LogP contribution < -0.4 is 4.74 Å². The summed E-state index contributed by atoms with van der Waals surface area (Å²) in [5.41, 5.74) is 4.98. The van der Waals surface area contributed by atoms with E-state index in [2.05, 4.69) is 32.9 Å².